The fraction of sp³-hybridized carbons (Fsp3) is 0.538. The zero-order valence-corrected chi connectivity index (χ0v) is 13.9. The summed E-state index contributed by atoms with van der Waals surface area (Å²) >= 11 is 3.50. The van der Waals surface area contributed by atoms with Crippen molar-refractivity contribution < 1.29 is 4.74 Å². The summed E-state index contributed by atoms with van der Waals surface area (Å²) in [7, 11) is 1.68. The molecule has 98 valence electrons. The molecule has 0 aliphatic carbocycles. The van der Waals surface area contributed by atoms with Crippen LogP contribution in [0.25, 0.3) is 0 Å². The Balaban J connectivity index is 0.00000256. The third kappa shape index (κ3) is 5.40. The van der Waals surface area contributed by atoms with E-state index in [1.54, 1.807) is 7.11 Å². The van der Waals surface area contributed by atoms with Gasteiger partial charge in [0.25, 0.3) is 0 Å². The Kier molecular flexibility index (Phi) is 8.92. The average molecular weight is 367 g/mol. The van der Waals surface area contributed by atoms with Gasteiger partial charge >= 0.3 is 0 Å². The molecule has 0 spiro atoms. The van der Waals surface area contributed by atoms with Crippen molar-refractivity contribution in [2.45, 2.75) is 39.3 Å². The lowest BCUT2D eigenvalue weighted by molar-refractivity contribution is 0.411. The third-order valence-electron chi connectivity index (χ3n) is 2.80. The van der Waals surface area contributed by atoms with Crippen molar-refractivity contribution >= 4 is 32.9 Å². The summed E-state index contributed by atoms with van der Waals surface area (Å²) in [5, 5.41) is 3.54. The highest BCUT2D eigenvalue weighted by molar-refractivity contribution is 9.10. The van der Waals surface area contributed by atoms with E-state index in [1.165, 1.54) is 18.4 Å². The van der Waals surface area contributed by atoms with E-state index >= 15 is 0 Å². The molecule has 0 aliphatic rings. The van der Waals surface area contributed by atoms with Gasteiger partial charge < -0.3 is 10.1 Å². The van der Waals surface area contributed by atoms with Gasteiger partial charge in [-0.3, -0.25) is 0 Å². The summed E-state index contributed by atoms with van der Waals surface area (Å²) in [5.41, 5.74) is 1.28. The van der Waals surface area contributed by atoms with E-state index in [4.69, 9.17) is 4.74 Å². The van der Waals surface area contributed by atoms with Crippen LogP contribution in [0.5, 0.6) is 5.75 Å². The molecule has 0 radical (unpaired) electrons. The molecule has 0 unspecified atom stereocenters. The largest absolute Gasteiger partial charge is 0.496 e. The minimum Gasteiger partial charge on any atom is -0.496 e. The van der Waals surface area contributed by atoms with Gasteiger partial charge in [0.2, 0.25) is 0 Å². The van der Waals surface area contributed by atoms with E-state index in [2.05, 4.69) is 47.2 Å². The number of methoxy groups -OCH3 is 1. The van der Waals surface area contributed by atoms with E-state index in [0.717, 1.165) is 16.8 Å². The van der Waals surface area contributed by atoms with Crippen molar-refractivity contribution in [1.82, 2.24) is 5.32 Å². The van der Waals surface area contributed by atoms with Gasteiger partial charge in [-0.15, -0.1) is 17.0 Å². The Hall–Kier alpha value is -0.0600. The van der Waals surface area contributed by atoms with Gasteiger partial charge in [-0.05, 0) is 46.5 Å². The second kappa shape index (κ2) is 8.95. The lowest BCUT2D eigenvalue weighted by atomic mass is 10.1. The van der Waals surface area contributed by atoms with Gasteiger partial charge in [-0.2, -0.15) is 0 Å². The predicted octanol–water partition coefficient (Wildman–Crippen LogP) is 4.31. The highest BCUT2D eigenvalue weighted by Gasteiger charge is 2.04. The summed E-state index contributed by atoms with van der Waals surface area (Å²) in [5.74, 6) is 0.881. The highest BCUT2D eigenvalue weighted by Crippen LogP contribution is 2.25. The highest BCUT2D eigenvalue weighted by atomic mass is 79.9. The van der Waals surface area contributed by atoms with Gasteiger partial charge in [-0.25, -0.2) is 0 Å². The molecule has 0 bridgehead atoms. The second-order valence-corrected chi connectivity index (χ2v) is 4.72. The van der Waals surface area contributed by atoms with Gasteiger partial charge in [0, 0.05) is 12.6 Å². The number of halogens is 2. The van der Waals surface area contributed by atoms with Crippen LogP contribution in [0.15, 0.2) is 22.7 Å². The van der Waals surface area contributed by atoms with Crippen LogP contribution < -0.4 is 10.1 Å². The zero-order chi connectivity index (χ0) is 12.0. The van der Waals surface area contributed by atoms with Crippen molar-refractivity contribution in [1.29, 1.82) is 0 Å². The maximum absolute atomic E-state index is 5.20. The standard InChI is InChI=1S/C13H20BrNO.BrH/c1-4-11(5-2)15-9-10-6-7-13(16-3)12(14)8-10;/h6-8,11,15H,4-5,9H2,1-3H3;1H. The predicted molar refractivity (Wildman–Crippen MR) is 82.2 cm³/mol. The first-order valence-electron chi connectivity index (χ1n) is 5.77. The molecule has 0 aliphatic heterocycles. The summed E-state index contributed by atoms with van der Waals surface area (Å²) in [6, 6.07) is 6.81. The average Bonchev–Trinajstić information content (AvgIpc) is 2.30. The maximum atomic E-state index is 5.20. The van der Waals surface area contributed by atoms with Crippen LogP contribution in [0.3, 0.4) is 0 Å². The van der Waals surface area contributed by atoms with Crippen LogP contribution in [0.2, 0.25) is 0 Å². The first-order valence-corrected chi connectivity index (χ1v) is 6.56. The molecule has 1 rings (SSSR count). The van der Waals surface area contributed by atoms with Crippen LogP contribution in [-0.4, -0.2) is 13.2 Å². The zero-order valence-electron chi connectivity index (χ0n) is 10.6. The minimum atomic E-state index is 0. The molecule has 1 aromatic carbocycles. The van der Waals surface area contributed by atoms with Crippen LogP contribution in [-0.2, 0) is 6.54 Å². The topological polar surface area (TPSA) is 21.3 Å². The molecule has 2 nitrogen and oxygen atoms in total. The molecule has 1 N–H and O–H groups in total. The van der Waals surface area contributed by atoms with Gasteiger partial charge in [0.1, 0.15) is 5.75 Å². The quantitative estimate of drug-likeness (QED) is 0.809. The molecule has 1 aromatic rings. The number of benzene rings is 1. The fourth-order valence-corrected chi connectivity index (χ4v) is 2.25. The normalized spacial score (nSPS) is 10.2. The van der Waals surface area contributed by atoms with Crippen molar-refractivity contribution in [2.75, 3.05) is 7.11 Å². The van der Waals surface area contributed by atoms with Gasteiger partial charge in [-0.1, -0.05) is 19.9 Å². The molecule has 0 saturated heterocycles. The van der Waals surface area contributed by atoms with Crippen LogP contribution in [0.4, 0.5) is 0 Å². The summed E-state index contributed by atoms with van der Waals surface area (Å²) < 4.78 is 6.21. The van der Waals surface area contributed by atoms with E-state index < -0.39 is 0 Å². The van der Waals surface area contributed by atoms with Crippen LogP contribution in [0.1, 0.15) is 32.3 Å². The van der Waals surface area contributed by atoms with Crippen molar-refractivity contribution in [3.8, 4) is 5.75 Å². The molecule has 0 saturated carbocycles. The second-order valence-electron chi connectivity index (χ2n) is 3.86. The molecule has 4 heteroatoms. The Morgan fingerprint density at radius 3 is 2.41 bits per heavy atom. The number of hydrogen-bond acceptors (Lipinski definition) is 2. The first-order chi connectivity index (χ1) is 7.71. The van der Waals surface area contributed by atoms with Crippen molar-refractivity contribution in [3.05, 3.63) is 28.2 Å². The maximum Gasteiger partial charge on any atom is 0.133 e. The van der Waals surface area contributed by atoms with Crippen molar-refractivity contribution in [2.24, 2.45) is 0 Å². The molecule has 17 heavy (non-hydrogen) atoms. The van der Waals surface area contributed by atoms with Crippen molar-refractivity contribution in [3.63, 3.8) is 0 Å². The Labute approximate surface area is 123 Å². The summed E-state index contributed by atoms with van der Waals surface area (Å²) in [4.78, 5) is 0. The van der Waals surface area contributed by atoms with E-state index in [1.807, 2.05) is 6.07 Å². The molecule has 0 atom stereocenters. The van der Waals surface area contributed by atoms with Crippen LogP contribution >= 0.6 is 32.9 Å². The van der Waals surface area contributed by atoms with E-state index in [9.17, 15) is 0 Å². The Bertz CT molecular complexity index is 327. The molecule has 0 aromatic heterocycles. The lowest BCUT2D eigenvalue weighted by Gasteiger charge is -2.15. The van der Waals surface area contributed by atoms with E-state index in [0.29, 0.717) is 6.04 Å². The molecule has 0 amide bonds. The lowest BCUT2D eigenvalue weighted by Crippen LogP contribution is -2.26. The molecule has 0 fully saturated rings. The number of ether oxygens (including phenoxy) is 1. The molecule has 0 heterocycles. The Morgan fingerprint density at radius 1 is 1.29 bits per heavy atom. The fourth-order valence-electron chi connectivity index (χ4n) is 1.66. The van der Waals surface area contributed by atoms with Crippen LogP contribution in [0, 0.1) is 0 Å². The summed E-state index contributed by atoms with van der Waals surface area (Å²) in [6.45, 7) is 5.34. The number of nitrogens with one attached hydrogen (secondary N) is 1. The monoisotopic (exact) mass is 365 g/mol. The number of hydrogen-bond donors (Lipinski definition) is 1. The first kappa shape index (κ1) is 16.9. The number of rotatable bonds is 6. The molecular weight excluding hydrogens is 346 g/mol. The Morgan fingerprint density at radius 2 is 1.94 bits per heavy atom. The summed E-state index contributed by atoms with van der Waals surface area (Å²) in [6.07, 6.45) is 2.35. The molecular formula is C13H21Br2NO. The third-order valence-corrected chi connectivity index (χ3v) is 3.42. The van der Waals surface area contributed by atoms with Gasteiger partial charge in [0.15, 0.2) is 0 Å². The minimum absolute atomic E-state index is 0. The smallest absolute Gasteiger partial charge is 0.133 e. The van der Waals surface area contributed by atoms with Gasteiger partial charge in [0.05, 0.1) is 11.6 Å². The van der Waals surface area contributed by atoms with E-state index in [-0.39, 0.29) is 17.0 Å². The SMILES string of the molecule is Br.CCC(CC)NCc1ccc(OC)c(Br)c1.